The largest absolute Gasteiger partial charge is 0.422 e. The van der Waals surface area contributed by atoms with Crippen LogP contribution in [0.15, 0.2) is 22.7 Å². The Hall–Kier alpha value is -2.11. The van der Waals surface area contributed by atoms with E-state index in [-0.39, 0.29) is 11.9 Å². The van der Waals surface area contributed by atoms with Gasteiger partial charge in [-0.2, -0.15) is 4.98 Å². The molecule has 2 fully saturated rings. The van der Waals surface area contributed by atoms with Crippen LogP contribution in [0.2, 0.25) is 0 Å². The third kappa shape index (κ3) is 2.14. The summed E-state index contributed by atoms with van der Waals surface area (Å²) >= 11 is 0. The fourth-order valence-electron chi connectivity index (χ4n) is 3.28. The molecule has 21 heavy (non-hydrogen) atoms. The van der Waals surface area contributed by atoms with Gasteiger partial charge in [-0.15, -0.1) is 0 Å². The van der Waals surface area contributed by atoms with Crippen LogP contribution in [-0.4, -0.2) is 46.5 Å². The Labute approximate surface area is 122 Å². The first-order valence-corrected chi connectivity index (χ1v) is 7.60. The quantitative estimate of drug-likeness (QED) is 0.842. The fourth-order valence-corrected chi connectivity index (χ4v) is 3.28. The first kappa shape index (κ1) is 12.6. The summed E-state index contributed by atoms with van der Waals surface area (Å²) in [6.45, 7) is 2.59. The number of hydrogen-bond acceptors (Lipinski definition) is 5. The zero-order valence-electron chi connectivity index (χ0n) is 11.9. The number of likely N-dealkylation sites (tertiary alicyclic amines) is 1. The maximum absolute atomic E-state index is 12.6. The van der Waals surface area contributed by atoms with E-state index in [2.05, 4.69) is 9.97 Å². The summed E-state index contributed by atoms with van der Waals surface area (Å²) in [5.41, 5.74) is 1.28. The molecule has 1 amide bonds. The molecular weight excluding hydrogens is 268 g/mol. The lowest BCUT2D eigenvalue weighted by Crippen LogP contribution is -2.44. The highest BCUT2D eigenvalue weighted by molar-refractivity contribution is 5.86. The molecule has 2 aromatic heterocycles. The zero-order valence-corrected chi connectivity index (χ0v) is 11.9. The molecule has 0 spiro atoms. The maximum Gasteiger partial charge on any atom is 0.300 e. The van der Waals surface area contributed by atoms with Crippen LogP contribution in [0.4, 0.5) is 6.01 Å². The van der Waals surface area contributed by atoms with Gasteiger partial charge in [-0.25, -0.2) is 4.98 Å². The van der Waals surface area contributed by atoms with Gasteiger partial charge in [-0.3, -0.25) is 4.79 Å². The van der Waals surface area contributed by atoms with Crippen LogP contribution in [0, 0.1) is 0 Å². The van der Waals surface area contributed by atoms with Gasteiger partial charge >= 0.3 is 6.01 Å². The van der Waals surface area contributed by atoms with Crippen molar-refractivity contribution < 1.29 is 9.21 Å². The van der Waals surface area contributed by atoms with Crippen molar-refractivity contribution in [1.29, 1.82) is 0 Å². The van der Waals surface area contributed by atoms with Gasteiger partial charge in [0.15, 0.2) is 5.58 Å². The van der Waals surface area contributed by atoms with Crippen LogP contribution in [0.3, 0.4) is 0 Å². The predicted octanol–water partition coefficient (Wildman–Crippen LogP) is 1.81. The Kier molecular flexibility index (Phi) is 3.02. The summed E-state index contributed by atoms with van der Waals surface area (Å²) in [5, 5.41) is 0. The number of rotatable bonds is 2. The first-order chi connectivity index (χ1) is 10.3. The molecule has 6 heteroatoms. The fraction of sp³-hybridized carbons (Fsp3) is 0.533. The van der Waals surface area contributed by atoms with Crippen molar-refractivity contribution in [3.63, 3.8) is 0 Å². The molecule has 1 unspecified atom stereocenters. The second-order valence-electron chi connectivity index (χ2n) is 5.71. The standard InChI is InChI=1S/C15H18N4O2/c20-14(18-8-1-2-9-18)11-5-4-10-19(11)15-17-13-12(21-15)6-3-7-16-13/h3,6-7,11H,1-2,4-5,8-10H2. The summed E-state index contributed by atoms with van der Waals surface area (Å²) in [4.78, 5) is 25.2. The molecule has 6 nitrogen and oxygen atoms in total. The van der Waals surface area contributed by atoms with Gasteiger partial charge in [-0.1, -0.05) is 0 Å². The van der Waals surface area contributed by atoms with E-state index in [1.54, 1.807) is 6.20 Å². The number of hydrogen-bond donors (Lipinski definition) is 0. The average Bonchev–Trinajstić information content (AvgIpc) is 3.24. The second-order valence-corrected chi connectivity index (χ2v) is 5.71. The Bertz CT molecular complexity index is 629. The van der Waals surface area contributed by atoms with Gasteiger partial charge in [-0.05, 0) is 37.8 Å². The molecule has 2 aliphatic heterocycles. The van der Waals surface area contributed by atoms with Crippen LogP contribution < -0.4 is 4.90 Å². The van der Waals surface area contributed by atoms with Crippen molar-refractivity contribution in [2.75, 3.05) is 24.5 Å². The highest BCUT2D eigenvalue weighted by Gasteiger charge is 2.36. The van der Waals surface area contributed by atoms with E-state index in [0.717, 1.165) is 45.3 Å². The number of amides is 1. The van der Waals surface area contributed by atoms with Crippen LogP contribution in [0.1, 0.15) is 25.7 Å². The molecule has 0 bridgehead atoms. The Morgan fingerprint density at radius 3 is 2.90 bits per heavy atom. The van der Waals surface area contributed by atoms with Crippen molar-refractivity contribution in [3.05, 3.63) is 18.3 Å². The maximum atomic E-state index is 12.6. The topological polar surface area (TPSA) is 62.5 Å². The van der Waals surface area contributed by atoms with Crippen molar-refractivity contribution in [2.45, 2.75) is 31.7 Å². The predicted molar refractivity (Wildman–Crippen MR) is 78.0 cm³/mol. The third-order valence-electron chi connectivity index (χ3n) is 4.35. The number of nitrogens with zero attached hydrogens (tertiary/aromatic N) is 4. The van der Waals surface area contributed by atoms with Crippen LogP contribution >= 0.6 is 0 Å². The van der Waals surface area contributed by atoms with Crippen LogP contribution in [0.25, 0.3) is 11.2 Å². The van der Waals surface area contributed by atoms with Crippen LogP contribution in [0.5, 0.6) is 0 Å². The molecule has 4 heterocycles. The summed E-state index contributed by atoms with van der Waals surface area (Å²) < 4.78 is 5.78. The summed E-state index contributed by atoms with van der Waals surface area (Å²) in [6.07, 6.45) is 5.81. The summed E-state index contributed by atoms with van der Waals surface area (Å²) in [6, 6.07) is 4.08. The lowest BCUT2D eigenvalue weighted by atomic mass is 10.2. The van der Waals surface area contributed by atoms with Gasteiger partial charge in [0.1, 0.15) is 6.04 Å². The first-order valence-electron chi connectivity index (χ1n) is 7.60. The minimum Gasteiger partial charge on any atom is -0.422 e. The molecule has 0 aromatic carbocycles. The van der Waals surface area contributed by atoms with E-state index in [1.165, 1.54) is 0 Å². The van der Waals surface area contributed by atoms with Gasteiger partial charge in [0.2, 0.25) is 11.6 Å². The number of carbonyl (C=O) groups is 1. The van der Waals surface area contributed by atoms with E-state index < -0.39 is 0 Å². The minimum atomic E-state index is -0.129. The lowest BCUT2D eigenvalue weighted by molar-refractivity contribution is -0.131. The van der Waals surface area contributed by atoms with E-state index >= 15 is 0 Å². The molecule has 0 saturated carbocycles. The number of pyridine rings is 1. The molecule has 2 aromatic rings. The zero-order chi connectivity index (χ0) is 14.2. The van der Waals surface area contributed by atoms with Crippen molar-refractivity contribution >= 4 is 23.2 Å². The Morgan fingerprint density at radius 2 is 2.10 bits per heavy atom. The Morgan fingerprint density at radius 1 is 1.24 bits per heavy atom. The van der Waals surface area contributed by atoms with Crippen molar-refractivity contribution in [3.8, 4) is 0 Å². The minimum absolute atomic E-state index is 0.129. The molecule has 0 N–H and O–H groups in total. The number of oxazole rings is 1. The highest BCUT2D eigenvalue weighted by Crippen LogP contribution is 2.29. The van der Waals surface area contributed by atoms with E-state index in [4.69, 9.17) is 4.42 Å². The lowest BCUT2D eigenvalue weighted by Gasteiger charge is -2.26. The van der Waals surface area contributed by atoms with Crippen LogP contribution in [-0.2, 0) is 4.79 Å². The summed E-state index contributed by atoms with van der Waals surface area (Å²) in [5.74, 6) is 0.222. The Balaban J connectivity index is 1.62. The smallest absolute Gasteiger partial charge is 0.300 e. The molecule has 2 saturated heterocycles. The van der Waals surface area contributed by atoms with E-state index in [0.29, 0.717) is 17.2 Å². The SMILES string of the molecule is O=C(C1CCCN1c1nc2ncccc2o1)N1CCCC1. The number of carbonyl (C=O) groups excluding carboxylic acids is 1. The second kappa shape index (κ2) is 5.02. The van der Waals surface area contributed by atoms with Gasteiger partial charge in [0, 0.05) is 25.8 Å². The molecule has 110 valence electrons. The van der Waals surface area contributed by atoms with E-state index in [1.807, 2.05) is 21.9 Å². The number of fused-ring (bicyclic) bond motifs is 1. The summed E-state index contributed by atoms with van der Waals surface area (Å²) in [7, 11) is 0. The van der Waals surface area contributed by atoms with Crippen molar-refractivity contribution in [2.24, 2.45) is 0 Å². The van der Waals surface area contributed by atoms with Gasteiger partial charge < -0.3 is 14.2 Å². The number of aromatic nitrogens is 2. The third-order valence-corrected chi connectivity index (χ3v) is 4.35. The highest BCUT2D eigenvalue weighted by atomic mass is 16.4. The monoisotopic (exact) mass is 286 g/mol. The average molecular weight is 286 g/mol. The van der Waals surface area contributed by atoms with Gasteiger partial charge in [0.05, 0.1) is 0 Å². The molecule has 0 aliphatic carbocycles. The number of anilines is 1. The molecule has 1 atom stereocenters. The molecule has 2 aliphatic rings. The molecular formula is C15H18N4O2. The molecule has 0 radical (unpaired) electrons. The van der Waals surface area contributed by atoms with Crippen molar-refractivity contribution in [1.82, 2.24) is 14.9 Å². The van der Waals surface area contributed by atoms with Gasteiger partial charge in [0.25, 0.3) is 0 Å². The normalized spacial score (nSPS) is 22.4. The molecule has 4 rings (SSSR count). The van der Waals surface area contributed by atoms with E-state index in [9.17, 15) is 4.79 Å².